The molecule has 0 bridgehead atoms. The second kappa shape index (κ2) is 5.55. The molecule has 0 saturated carbocycles. The van der Waals surface area contributed by atoms with Gasteiger partial charge in [0.15, 0.2) is 0 Å². The molecule has 0 radical (unpaired) electrons. The number of hydrogen-bond acceptors (Lipinski definition) is 2. The number of para-hydroxylation sites is 1. The first-order chi connectivity index (χ1) is 9.75. The molecule has 1 aliphatic heterocycles. The first-order valence-electron chi connectivity index (χ1n) is 6.47. The first kappa shape index (κ1) is 13.0. The Morgan fingerprint density at radius 3 is 2.65 bits per heavy atom. The van der Waals surface area contributed by atoms with Crippen molar-refractivity contribution in [3.05, 3.63) is 65.7 Å². The highest BCUT2D eigenvalue weighted by Crippen LogP contribution is 2.32. The lowest BCUT2D eigenvalue weighted by atomic mass is 10.1. The van der Waals surface area contributed by atoms with Crippen LogP contribution in [-0.4, -0.2) is 12.5 Å². The lowest BCUT2D eigenvalue weighted by Crippen LogP contribution is -2.32. The number of carbonyl (C=O) groups is 1. The predicted molar refractivity (Wildman–Crippen MR) is 77.9 cm³/mol. The number of alkyl halides is 1. The van der Waals surface area contributed by atoms with E-state index in [0.717, 1.165) is 16.9 Å². The number of nitrogens with one attached hydrogen (secondary N) is 1. The molecule has 2 atom stereocenters. The summed E-state index contributed by atoms with van der Waals surface area (Å²) in [6.45, 7) is 0.448. The zero-order valence-corrected chi connectivity index (χ0v) is 11.5. The van der Waals surface area contributed by atoms with Crippen molar-refractivity contribution in [2.45, 2.75) is 11.4 Å². The molecular formula is C16H14ClNO2. The van der Waals surface area contributed by atoms with Crippen LogP contribution in [0.5, 0.6) is 5.75 Å². The Morgan fingerprint density at radius 1 is 1.15 bits per heavy atom. The van der Waals surface area contributed by atoms with Crippen LogP contribution in [0.4, 0.5) is 0 Å². The van der Waals surface area contributed by atoms with E-state index in [9.17, 15) is 4.79 Å². The minimum Gasteiger partial charge on any atom is -0.491 e. The van der Waals surface area contributed by atoms with Gasteiger partial charge in [-0.05, 0) is 11.6 Å². The van der Waals surface area contributed by atoms with E-state index in [2.05, 4.69) is 5.32 Å². The molecule has 1 aliphatic rings. The average Bonchev–Trinajstić information content (AvgIpc) is 2.91. The van der Waals surface area contributed by atoms with E-state index < -0.39 is 5.38 Å². The van der Waals surface area contributed by atoms with Gasteiger partial charge in [0.1, 0.15) is 17.7 Å². The normalized spacial score (nSPS) is 17.9. The number of fused-ring (bicyclic) bond motifs is 1. The summed E-state index contributed by atoms with van der Waals surface area (Å²) < 4.78 is 5.54. The number of amides is 1. The van der Waals surface area contributed by atoms with Crippen LogP contribution in [-0.2, 0) is 4.79 Å². The van der Waals surface area contributed by atoms with Crippen molar-refractivity contribution in [3.63, 3.8) is 0 Å². The predicted octanol–water partition coefficient (Wildman–Crippen LogP) is 3.22. The van der Waals surface area contributed by atoms with Crippen molar-refractivity contribution in [1.29, 1.82) is 0 Å². The van der Waals surface area contributed by atoms with Crippen LogP contribution >= 0.6 is 11.6 Å². The smallest absolute Gasteiger partial charge is 0.243 e. The lowest BCUT2D eigenvalue weighted by Gasteiger charge is -2.15. The van der Waals surface area contributed by atoms with Gasteiger partial charge in [-0.1, -0.05) is 48.5 Å². The van der Waals surface area contributed by atoms with Crippen LogP contribution in [0.3, 0.4) is 0 Å². The van der Waals surface area contributed by atoms with Gasteiger partial charge in [-0.3, -0.25) is 4.79 Å². The van der Waals surface area contributed by atoms with Gasteiger partial charge in [0.2, 0.25) is 5.91 Å². The van der Waals surface area contributed by atoms with Gasteiger partial charge in [0, 0.05) is 5.56 Å². The molecule has 102 valence electrons. The molecule has 0 saturated heterocycles. The van der Waals surface area contributed by atoms with Crippen LogP contribution < -0.4 is 10.1 Å². The van der Waals surface area contributed by atoms with Gasteiger partial charge in [0.05, 0.1) is 6.04 Å². The standard InChI is InChI=1S/C16H14ClNO2/c17-15(11-6-2-1-3-7-11)16(19)18-13-10-20-14-9-5-4-8-12(13)14/h1-9,13,15H,10H2,(H,18,19). The fraction of sp³-hybridized carbons (Fsp3) is 0.188. The summed E-state index contributed by atoms with van der Waals surface area (Å²) in [6, 6.07) is 16.9. The monoisotopic (exact) mass is 287 g/mol. The zero-order chi connectivity index (χ0) is 13.9. The topological polar surface area (TPSA) is 38.3 Å². The molecule has 1 amide bonds. The molecule has 2 aromatic rings. The Balaban J connectivity index is 1.72. The fourth-order valence-corrected chi connectivity index (χ4v) is 2.51. The van der Waals surface area contributed by atoms with Crippen LogP contribution in [0.15, 0.2) is 54.6 Å². The summed E-state index contributed by atoms with van der Waals surface area (Å²) in [5.74, 6) is 0.617. The first-order valence-corrected chi connectivity index (χ1v) is 6.90. The van der Waals surface area contributed by atoms with Gasteiger partial charge in [0.25, 0.3) is 0 Å². The maximum absolute atomic E-state index is 12.2. The molecule has 1 heterocycles. The van der Waals surface area contributed by atoms with E-state index in [0.29, 0.717) is 6.61 Å². The highest BCUT2D eigenvalue weighted by molar-refractivity contribution is 6.30. The third kappa shape index (κ3) is 2.49. The molecule has 0 aliphatic carbocycles. The van der Waals surface area contributed by atoms with Crippen molar-refractivity contribution in [3.8, 4) is 5.75 Å². The van der Waals surface area contributed by atoms with E-state index in [1.165, 1.54) is 0 Å². The summed E-state index contributed by atoms with van der Waals surface area (Å²) >= 11 is 6.21. The van der Waals surface area contributed by atoms with Crippen molar-refractivity contribution in [2.24, 2.45) is 0 Å². The highest BCUT2D eigenvalue weighted by atomic mass is 35.5. The highest BCUT2D eigenvalue weighted by Gasteiger charge is 2.27. The Kier molecular flexibility index (Phi) is 3.61. The van der Waals surface area contributed by atoms with Crippen molar-refractivity contribution in [2.75, 3.05) is 6.61 Å². The molecule has 3 rings (SSSR count). The molecule has 4 heteroatoms. The molecule has 0 aromatic heterocycles. The summed E-state index contributed by atoms with van der Waals surface area (Å²) in [6.07, 6.45) is 0. The van der Waals surface area contributed by atoms with Crippen LogP contribution in [0.2, 0.25) is 0 Å². The van der Waals surface area contributed by atoms with E-state index in [-0.39, 0.29) is 11.9 Å². The maximum atomic E-state index is 12.2. The quantitative estimate of drug-likeness (QED) is 0.880. The molecule has 2 unspecified atom stereocenters. The summed E-state index contributed by atoms with van der Waals surface area (Å²) in [4.78, 5) is 12.2. The number of carbonyl (C=O) groups excluding carboxylic acids is 1. The van der Waals surface area contributed by atoms with Gasteiger partial charge in [-0.15, -0.1) is 11.6 Å². The molecule has 0 spiro atoms. The van der Waals surface area contributed by atoms with Crippen molar-refractivity contribution >= 4 is 17.5 Å². The molecule has 20 heavy (non-hydrogen) atoms. The van der Waals surface area contributed by atoms with Crippen LogP contribution in [0.1, 0.15) is 22.5 Å². The van der Waals surface area contributed by atoms with E-state index >= 15 is 0 Å². The van der Waals surface area contributed by atoms with Crippen LogP contribution in [0.25, 0.3) is 0 Å². The van der Waals surface area contributed by atoms with Gasteiger partial charge < -0.3 is 10.1 Å². The van der Waals surface area contributed by atoms with Gasteiger partial charge in [-0.25, -0.2) is 0 Å². The minimum absolute atomic E-state index is 0.135. The Bertz CT molecular complexity index is 615. The second-order valence-corrected chi connectivity index (χ2v) is 5.12. The lowest BCUT2D eigenvalue weighted by molar-refractivity contribution is -0.121. The number of ether oxygens (including phenoxy) is 1. The Morgan fingerprint density at radius 2 is 1.85 bits per heavy atom. The molecule has 1 N–H and O–H groups in total. The third-order valence-corrected chi connectivity index (χ3v) is 3.79. The van der Waals surface area contributed by atoms with Gasteiger partial charge in [-0.2, -0.15) is 0 Å². The zero-order valence-electron chi connectivity index (χ0n) is 10.8. The Labute approximate surface area is 122 Å². The van der Waals surface area contributed by atoms with Crippen molar-refractivity contribution in [1.82, 2.24) is 5.32 Å². The average molecular weight is 288 g/mol. The van der Waals surface area contributed by atoms with E-state index in [4.69, 9.17) is 16.3 Å². The number of rotatable bonds is 3. The van der Waals surface area contributed by atoms with Crippen molar-refractivity contribution < 1.29 is 9.53 Å². The van der Waals surface area contributed by atoms with E-state index in [1.807, 2.05) is 54.6 Å². The fourth-order valence-electron chi connectivity index (χ4n) is 2.30. The molecule has 3 nitrogen and oxygen atoms in total. The number of hydrogen-bond donors (Lipinski definition) is 1. The molecule has 0 fully saturated rings. The van der Waals surface area contributed by atoms with Crippen LogP contribution in [0, 0.1) is 0 Å². The molecular weight excluding hydrogens is 274 g/mol. The summed E-state index contributed by atoms with van der Waals surface area (Å²) in [5, 5.41) is 2.25. The summed E-state index contributed by atoms with van der Waals surface area (Å²) in [7, 11) is 0. The summed E-state index contributed by atoms with van der Waals surface area (Å²) in [5.41, 5.74) is 1.79. The second-order valence-electron chi connectivity index (χ2n) is 4.68. The molecule has 2 aromatic carbocycles. The SMILES string of the molecule is O=C(NC1COc2ccccc21)C(Cl)c1ccccc1. The number of benzene rings is 2. The van der Waals surface area contributed by atoms with Gasteiger partial charge >= 0.3 is 0 Å². The Hall–Kier alpha value is -2.00. The van der Waals surface area contributed by atoms with E-state index in [1.54, 1.807) is 0 Å². The number of halogens is 1. The minimum atomic E-state index is -0.691. The largest absolute Gasteiger partial charge is 0.491 e. The maximum Gasteiger partial charge on any atom is 0.243 e. The third-order valence-electron chi connectivity index (χ3n) is 3.34.